The molecule has 0 saturated heterocycles. The van der Waals surface area contributed by atoms with Crippen LogP contribution < -0.4 is 10.2 Å². The predicted molar refractivity (Wildman–Crippen MR) is 77.3 cm³/mol. The zero-order chi connectivity index (χ0) is 14.4. The normalized spacial score (nSPS) is 10.5. The van der Waals surface area contributed by atoms with Crippen molar-refractivity contribution in [2.45, 2.75) is 0 Å². The van der Waals surface area contributed by atoms with Gasteiger partial charge in [-0.05, 0) is 29.8 Å². The molecule has 0 saturated carbocycles. The maximum Gasteiger partial charge on any atom is 0.274 e. The first-order valence-corrected chi connectivity index (χ1v) is 6.16. The Kier molecular flexibility index (Phi) is 4.68. The van der Waals surface area contributed by atoms with Crippen molar-refractivity contribution in [1.29, 1.82) is 0 Å². The second-order valence-electron chi connectivity index (χ2n) is 3.82. The van der Waals surface area contributed by atoms with E-state index in [-0.39, 0.29) is 10.7 Å². The Balaban J connectivity index is 2.03. The van der Waals surface area contributed by atoms with Gasteiger partial charge < -0.3 is 4.74 Å². The molecule has 1 aromatic carbocycles. The molecule has 0 aliphatic heterocycles. The van der Waals surface area contributed by atoms with Crippen molar-refractivity contribution in [1.82, 2.24) is 10.4 Å². The third kappa shape index (κ3) is 3.55. The van der Waals surface area contributed by atoms with Crippen LogP contribution in [-0.2, 0) is 0 Å². The minimum atomic E-state index is -0.415. The molecule has 1 N–H and O–H groups in total. The van der Waals surface area contributed by atoms with Crippen LogP contribution >= 0.6 is 11.6 Å². The number of methoxy groups -OCH3 is 1. The average molecular weight is 290 g/mol. The van der Waals surface area contributed by atoms with Crippen LogP contribution in [0.4, 0.5) is 0 Å². The molecule has 0 aliphatic rings. The minimum absolute atomic E-state index is 0.140. The molecule has 0 unspecified atom stereocenters. The molecule has 2 rings (SSSR count). The summed E-state index contributed by atoms with van der Waals surface area (Å²) in [7, 11) is 1.59. The summed E-state index contributed by atoms with van der Waals surface area (Å²) in [6, 6.07) is 10.5. The highest BCUT2D eigenvalue weighted by molar-refractivity contribution is 6.32. The maximum atomic E-state index is 11.8. The Labute approximate surface area is 121 Å². The number of amides is 1. The van der Waals surface area contributed by atoms with Gasteiger partial charge in [0.1, 0.15) is 10.9 Å². The van der Waals surface area contributed by atoms with E-state index in [2.05, 4.69) is 15.5 Å². The number of nitrogens with zero attached hydrogens (tertiary/aromatic N) is 2. The summed E-state index contributed by atoms with van der Waals surface area (Å²) in [5.74, 6) is 0.304. The summed E-state index contributed by atoms with van der Waals surface area (Å²) in [4.78, 5) is 15.6. The van der Waals surface area contributed by atoms with E-state index in [1.54, 1.807) is 25.3 Å². The molecule has 2 aromatic rings. The molecule has 0 radical (unpaired) electrons. The van der Waals surface area contributed by atoms with Crippen molar-refractivity contribution in [3.05, 3.63) is 58.9 Å². The monoisotopic (exact) mass is 289 g/mol. The quantitative estimate of drug-likeness (QED) is 0.534. The summed E-state index contributed by atoms with van der Waals surface area (Å²) in [5.41, 5.74) is 3.47. The number of hydrogen-bond acceptors (Lipinski definition) is 4. The van der Waals surface area contributed by atoms with Crippen molar-refractivity contribution in [2.24, 2.45) is 5.10 Å². The molecular formula is C14H12ClN3O2. The lowest BCUT2D eigenvalue weighted by Gasteiger charge is -2.01. The maximum absolute atomic E-state index is 11.8. The zero-order valence-electron chi connectivity index (χ0n) is 10.7. The SMILES string of the molecule is COc1cccc(/C=N/NC(=O)c2cccnc2Cl)c1. The first-order chi connectivity index (χ1) is 9.70. The van der Waals surface area contributed by atoms with E-state index in [0.717, 1.165) is 11.3 Å². The summed E-state index contributed by atoms with van der Waals surface area (Å²) in [6.07, 6.45) is 3.03. The van der Waals surface area contributed by atoms with Gasteiger partial charge in [-0.25, -0.2) is 10.4 Å². The number of rotatable bonds is 4. The fraction of sp³-hybridized carbons (Fsp3) is 0.0714. The fourth-order valence-corrected chi connectivity index (χ4v) is 1.71. The minimum Gasteiger partial charge on any atom is -0.497 e. The van der Waals surface area contributed by atoms with E-state index in [0.29, 0.717) is 0 Å². The number of nitrogens with one attached hydrogen (secondary N) is 1. The third-order valence-electron chi connectivity index (χ3n) is 2.48. The first-order valence-electron chi connectivity index (χ1n) is 5.78. The van der Waals surface area contributed by atoms with Crippen molar-refractivity contribution in [2.75, 3.05) is 7.11 Å². The highest BCUT2D eigenvalue weighted by atomic mass is 35.5. The number of carbonyl (C=O) groups excluding carboxylic acids is 1. The second-order valence-corrected chi connectivity index (χ2v) is 4.18. The molecule has 0 bridgehead atoms. The summed E-state index contributed by atoms with van der Waals surface area (Å²) in [5, 5.41) is 4.01. The Bertz CT molecular complexity index is 644. The zero-order valence-corrected chi connectivity index (χ0v) is 11.5. The number of hydrazone groups is 1. The molecule has 0 aliphatic carbocycles. The van der Waals surface area contributed by atoms with E-state index >= 15 is 0 Å². The van der Waals surface area contributed by atoms with Crippen molar-refractivity contribution < 1.29 is 9.53 Å². The fourth-order valence-electron chi connectivity index (χ4n) is 1.50. The number of halogens is 1. The molecule has 0 atom stereocenters. The van der Waals surface area contributed by atoms with Crippen molar-refractivity contribution in [3.8, 4) is 5.75 Å². The van der Waals surface area contributed by atoms with Gasteiger partial charge in [-0.3, -0.25) is 4.79 Å². The molecule has 102 valence electrons. The van der Waals surface area contributed by atoms with Gasteiger partial charge >= 0.3 is 0 Å². The molecule has 1 aromatic heterocycles. The van der Waals surface area contributed by atoms with Gasteiger partial charge in [0.05, 0.1) is 18.9 Å². The highest BCUT2D eigenvalue weighted by Crippen LogP contribution is 2.12. The van der Waals surface area contributed by atoms with Crippen LogP contribution in [0.15, 0.2) is 47.7 Å². The Morgan fingerprint density at radius 3 is 3.00 bits per heavy atom. The smallest absolute Gasteiger partial charge is 0.274 e. The van der Waals surface area contributed by atoms with E-state index in [9.17, 15) is 4.79 Å². The van der Waals surface area contributed by atoms with Crippen LogP contribution in [-0.4, -0.2) is 24.2 Å². The number of hydrogen-bond donors (Lipinski definition) is 1. The van der Waals surface area contributed by atoms with Gasteiger partial charge in [0.25, 0.3) is 5.91 Å². The van der Waals surface area contributed by atoms with Crippen LogP contribution in [0.5, 0.6) is 5.75 Å². The Morgan fingerprint density at radius 2 is 2.25 bits per heavy atom. The lowest BCUT2D eigenvalue weighted by Crippen LogP contribution is -2.18. The Morgan fingerprint density at radius 1 is 1.40 bits per heavy atom. The predicted octanol–water partition coefficient (Wildman–Crippen LogP) is 2.51. The Hall–Kier alpha value is -2.40. The van der Waals surface area contributed by atoms with Gasteiger partial charge in [0, 0.05) is 6.20 Å². The van der Waals surface area contributed by atoms with Gasteiger partial charge in [-0.1, -0.05) is 23.7 Å². The van der Waals surface area contributed by atoms with E-state index in [1.165, 1.54) is 12.4 Å². The van der Waals surface area contributed by atoms with Crippen LogP contribution in [0.2, 0.25) is 5.15 Å². The topological polar surface area (TPSA) is 63.6 Å². The lowest BCUT2D eigenvalue weighted by molar-refractivity contribution is 0.0955. The largest absolute Gasteiger partial charge is 0.497 e. The second kappa shape index (κ2) is 6.68. The van der Waals surface area contributed by atoms with Crippen LogP contribution in [0, 0.1) is 0 Å². The van der Waals surface area contributed by atoms with Crippen LogP contribution in [0.25, 0.3) is 0 Å². The standard InChI is InChI=1S/C14H12ClN3O2/c1-20-11-5-2-4-10(8-11)9-17-18-14(19)12-6-3-7-16-13(12)15/h2-9H,1H3,(H,18,19)/b17-9+. The van der Waals surface area contributed by atoms with E-state index < -0.39 is 5.91 Å². The van der Waals surface area contributed by atoms with E-state index in [4.69, 9.17) is 16.3 Å². The van der Waals surface area contributed by atoms with Gasteiger partial charge in [0.15, 0.2) is 0 Å². The molecule has 0 fully saturated rings. The summed E-state index contributed by atoms with van der Waals surface area (Å²) in [6.45, 7) is 0. The molecule has 0 spiro atoms. The van der Waals surface area contributed by atoms with Crippen molar-refractivity contribution >= 4 is 23.7 Å². The van der Waals surface area contributed by atoms with Gasteiger partial charge in [0.2, 0.25) is 0 Å². The summed E-state index contributed by atoms with van der Waals surface area (Å²) < 4.78 is 5.09. The van der Waals surface area contributed by atoms with Gasteiger partial charge in [-0.2, -0.15) is 5.10 Å². The highest BCUT2D eigenvalue weighted by Gasteiger charge is 2.08. The summed E-state index contributed by atoms with van der Waals surface area (Å²) >= 11 is 5.81. The molecule has 1 heterocycles. The molecular weight excluding hydrogens is 278 g/mol. The number of pyridine rings is 1. The van der Waals surface area contributed by atoms with Crippen LogP contribution in [0.3, 0.4) is 0 Å². The lowest BCUT2D eigenvalue weighted by atomic mass is 10.2. The van der Waals surface area contributed by atoms with Gasteiger partial charge in [-0.15, -0.1) is 0 Å². The van der Waals surface area contributed by atoms with Crippen molar-refractivity contribution in [3.63, 3.8) is 0 Å². The molecule has 5 nitrogen and oxygen atoms in total. The number of aromatic nitrogens is 1. The average Bonchev–Trinajstić information content (AvgIpc) is 2.48. The number of ether oxygens (including phenoxy) is 1. The first kappa shape index (κ1) is 14.0. The van der Waals surface area contributed by atoms with Crippen LogP contribution in [0.1, 0.15) is 15.9 Å². The number of benzene rings is 1. The van der Waals surface area contributed by atoms with E-state index in [1.807, 2.05) is 18.2 Å². The third-order valence-corrected chi connectivity index (χ3v) is 2.78. The molecule has 20 heavy (non-hydrogen) atoms. The number of carbonyl (C=O) groups is 1. The molecule has 1 amide bonds. The molecule has 6 heteroatoms.